The average molecular weight is 207 g/mol. The first-order chi connectivity index (χ1) is 7.29. The van der Waals surface area contributed by atoms with Crippen LogP contribution in [0.15, 0.2) is 18.2 Å². The van der Waals surface area contributed by atoms with Crippen LogP contribution >= 0.6 is 0 Å². The molecule has 1 fully saturated rings. The predicted octanol–water partition coefficient (Wildman–Crippen LogP) is 0.492. The molecule has 1 amide bonds. The van der Waals surface area contributed by atoms with Gasteiger partial charge in [0.1, 0.15) is 6.61 Å². The lowest BCUT2D eigenvalue weighted by atomic mass is 10.3. The second-order valence-corrected chi connectivity index (χ2v) is 3.36. The van der Waals surface area contributed by atoms with E-state index < -0.39 is 0 Å². The molecule has 15 heavy (non-hydrogen) atoms. The number of nitrogens with zero attached hydrogens (tertiary/aromatic N) is 2. The van der Waals surface area contributed by atoms with E-state index in [-0.39, 0.29) is 6.09 Å². The van der Waals surface area contributed by atoms with E-state index in [2.05, 4.69) is 4.98 Å². The lowest BCUT2D eigenvalue weighted by Crippen LogP contribution is -2.24. The number of hydrogen-bond acceptors (Lipinski definition) is 4. The van der Waals surface area contributed by atoms with Gasteiger partial charge >= 0.3 is 6.09 Å². The van der Waals surface area contributed by atoms with Gasteiger partial charge in [-0.25, -0.2) is 4.79 Å². The Morgan fingerprint density at radius 1 is 1.47 bits per heavy atom. The van der Waals surface area contributed by atoms with Gasteiger partial charge in [0.15, 0.2) is 0 Å². The topological polar surface area (TPSA) is 68.4 Å². The molecule has 80 valence electrons. The summed E-state index contributed by atoms with van der Waals surface area (Å²) in [5.41, 5.74) is 7.16. The van der Waals surface area contributed by atoms with E-state index in [4.69, 9.17) is 10.5 Å². The van der Waals surface area contributed by atoms with Gasteiger partial charge in [0, 0.05) is 6.54 Å². The molecular formula is C10H13N3O2. The smallest absolute Gasteiger partial charge is 0.410 e. The SMILES string of the molecule is NCc1cccc(CN2CCOC2=O)n1. The van der Waals surface area contributed by atoms with Gasteiger partial charge in [-0.1, -0.05) is 6.07 Å². The molecule has 0 unspecified atom stereocenters. The summed E-state index contributed by atoms with van der Waals surface area (Å²) in [7, 11) is 0. The molecular weight excluding hydrogens is 194 g/mol. The molecule has 1 aliphatic rings. The van der Waals surface area contributed by atoms with E-state index >= 15 is 0 Å². The van der Waals surface area contributed by atoms with E-state index in [0.29, 0.717) is 26.2 Å². The molecule has 0 spiro atoms. The molecule has 1 aliphatic heterocycles. The average Bonchev–Trinajstić information content (AvgIpc) is 2.65. The molecule has 2 rings (SSSR count). The molecule has 0 radical (unpaired) electrons. The van der Waals surface area contributed by atoms with Gasteiger partial charge < -0.3 is 10.5 Å². The highest BCUT2D eigenvalue weighted by atomic mass is 16.6. The second kappa shape index (κ2) is 4.27. The maximum absolute atomic E-state index is 11.2. The zero-order valence-corrected chi connectivity index (χ0v) is 8.35. The van der Waals surface area contributed by atoms with Crippen LogP contribution in [0.3, 0.4) is 0 Å². The Balaban J connectivity index is 2.06. The van der Waals surface area contributed by atoms with Gasteiger partial charge in [-0.05, 0) is 12.1 Å². The van der Waals surface area contributed by atoms with E-state index in [1.807, 2.05) is 18.2 Å². The Hall–Kier alpha value is -1.62. The van der Waals surface area contributed by atoms with Crippen molar-refractivity contribution in [1.29, 1.82) is 0 Å². The summed E-state index contributed by atoms with van der Waals surface area (Å²) in [6, 6.07) is 5.64. The number of cyclic esters (lactones) is 1. The number of ether oxygens (including phenoxy) is 1. The third-order valence-corrected chi connectivity index (χ3v) is 2.27. The highest BCUT2D eigenvalue weighted by Crippen LogP contribution is 2.09. The van der Waals surface area contributed by atoms with Crippen LogP contribution < -0.4 is 5.73 Å². The van der Waals surface area contributed by atoms with E-state index in [0.717, 1.165) is 11.4 Å². The Morgan fingerprint density at radius 2 is 2.27 bits per heavy atom. The third kappa shape index (κ3) is 2.24. The summed E-state index contributed by atoms with van der Waals surface area (Å²) in [6.45, 7) is 2.01. The lowest BCUT2D eigenvalue weighted by molar-refractivity contribution is 0.157. The van der Waals surface area contributed by atoms with Crippen molar-refractivity contribution >= 4 is 6.09 Å². The van der Waals surface area contributed by atoms with Crippen molar-refractivity contribution in [3.8, 4) is 0 Å². The minimum absolute atomic E-state index is 0.269. The van der Waals surface area contributed by atoms with Crippen molar-refractivity contribution in [2.45, 2.75) is 13.1 Å². The largest absolute Gasteiger partial charge is 0.448 e. The molecule has 0 aliphatic carbocycles. The van der Waals surface area contributed by atoms with Gasteiger partial charge in [0.05, 0.1) is 24.5 Å². The van der Waals surface area contributed by atoms with Gasteiger partial charge in [0.2, 0.25) is 0 Å². The number of carbonyl (C=O) groups is 1. The van der Waals surface area contributed by atoms with Crippen molar-refractivity contribution < 1.29 is 9.53 Å². The highest BCUT2D eigenvalue weighted by Gasteiger charge is 2.22. The molecule has 1 saturated heterocycles. The summed E-state index contributed by atoms with van der Waals surface area (Å²) >= 11 is 0. The predicted molar refractivity (Wildman–Crippen MR) is 53.9 cm³/mol. The zero-order chi connectivity index (χ0) is 10.7. The van der Waals surface area contributed by atoms with Crippen LogP contribution in [-0.4, -0.2) is 29.1 Å². The van der Waals surface area contributed by atoms with E-state index in [9.17, 15) is 4.79 Å². The fourth-order valence-corrected chi connectivity index (χ4v) is 1.50. The van der Waals surface area contributed by atoms with Crippen molar-refractivity contribution in [2.24, 2.45) is 5.73 Å². The molecule has 5 nitrogen and oxygen atoms in total. The normalized spacial score (nSPS) is 15.5. The number of carbonyl (C=O) groups excluding carboxylic acids is 1. The number of hydrogen-bond donors (Lipinski definition) is 1. The molecule has 1 aromatic rings. The van der Waals surface area contributed by atoms with E-state index in [1.165, 1.54) is 0 Å². The monoisotopic (exact) mass is 207 g/mol. The van der Waals surface area contributed by atoms with Crippen molar-refractivity contribution in [3.63, 3.8) is 0 Å². The standard InChI is InChI=1S/C10H13N3O2/c11-6-8-2-1-3-9(12-8)7-13-4-5-15-10(13)14/h1-3H,4-7,11H2. The molecule has 0 bridgehead atoms. The minimum atomic E-state index is -0.269. The summed E-state index contributed by atoms with van der Waals surface area (Å²) in [4.78, 5) is 17.1. The summed E-state index contributed by atoms with van der Waals surface area (Å²) < 4.78 is 4.83. The van der Waals surface area contributed by atoms with Crippen LogP contribution in [0.1, 0.15) is 11.4 Å². The lowest BCUT2D eigenvalue weighted by Gasteiger charge is -2.11. The van der Waals surface area contributed by atoms with Gasteiger partial charge in [-0.15, -0.1) is 0 Å². The van der Waals surface area contributed by atoms with Crippen molar-refractivity contribution in [3.05, 3.63) is 29.6 Å². The molecule has 0 aromatic carbocycles. The Bertz CT molecular complexity index is 367. The first kappa shape index (κ1) is 9.92. The molecule has 2 heterocycles. The fraction of sp³-hybridized carbons (Fsp3) is 0.400. The second-order valence-electron chi connectivity index (χ2n) is 3.36. The van der Waals surface area contributed by atoms with Crippen LogP contribution in [0.5, 0.6) is 0 Å². The van der Waals surface area contributed by atoms with Crippen LogP contribution in [0.4, 0.5) is 4.79 Å². The minimum Gasteiger partial charge on any atom is -0.448 e. The van der Waals surface area contributed by atoms with Gasteiger partial charge in [0.25, 0.3) is 0 Å². The molecule has 2 N–H and O–H groups in total. The number of rotatable bonds is 3. The summed E-state index contributed by atoms with van der Waals surface area (Å²) in [6.07, 6.45) is -0.269. The first-order valence-corrected chi connectivity index (χ1v) is 4.86. The van der Waals surface area contributed by atoms with Crippen LogP contribution in [0.2, 0.25) is 0 Å². The quantitative estimate of drug-likeness (QED) is 0.783. The Morgan fingerprint density at radius 3 is 2.93 bits per heavy atom. The maximum Gasteiger partial charge on any atom is 0.410 e. The van der Waals surface area contributed by atoms with Crippen molar-refractivity contribution in [2.75, 3.05) is 13.2 Å². The summed E-state index contributed by atoms with van der Waals surface area (Å²) in [5, 5.41) is 0. The number of nitrogens with two attached hydrogens (primary N) is 1. The molecule has 0 atom stereocenters. The maximum atomic E-state index is 11.2. The number of amides is 1. The Kier molecular flexibility index (Phi) is 2.82. The third-order valence-electron chi connectivity index (χ3n) is 2.27. The van der Waals surface area contributed by atoms with E-state index in [1.54, 1.807) is 4.90 Å². The first-order valence-electron chi connectivity index (χ1n) is 4.86. The van der Waals surface area contributed by atoms with Gasteiger partial charge in [-0.3, -0.25) is 9.88 Å². The highest BCUT2D eigenvalue weighted by molar-refractivity contribution is 5.69. The summed E-state index contributed by atoms with van der Waals surface area (Å²) in [5.74, 6) is 0. The van der Waals surface area contributed by atoms with Crippen LogP contribution in [0.25, 0.3) is 0 Å². The number of aromatic nitrogens is 1. The number of pyridine rings is 1. The molecule has 1 aromatic heterocycles. The zero-order valence-electron chi connectivity index (χ0n) is 8.35. The Labute approximate surface area is 87.8 Å². The van der Waals surface area contributed by atoms with Crippen LogP contribution in [0, 0.1) is 0 Å². The van der Waals surface area contributed by atoms with Crippen molar-refractivity contribution in [1.82, 2.24) is 9.88 Å². The van der Waals surface area contributed by atoms with Crippen LogP contribution in [-0.2, 0) is 17.8 Å². The molecule has 0 saturated carbocycles. The molecule has 5 heteroatoms. The fourth-order valence-electron chi connectivity index (χ4n) is 1.50. The van der Waals surface area contributed by atoms with Gasteiger partial charge in [-0.2, -0.15) is 0 Å².